The van der Waals surface area contributed by atoms with Crippen molar-refractivity contribution < 1.29 is 34.7 Å². The van der Waals surface area contributed by atoms with E-state index in [1.165, 1.54) is 88.2 Å². The molecule has 14 heteroatoms. The number of benzene rings is 9. The van der Waals surface area contributed by atoms with Crippen LogP contribution in [-0.2, 0) is 4.74 Å². The van der Waals surface area contributed by atoms with Gasteiger partial charge in [-0.05, 0) is 260 Å². The zero-order valence-corrected chi connectivity index (χ0v) is 64.4. The van der Waals surface area contributed by atoms with Crippen LogP contribution in [-0.4, -0.2) is 140 Å². The number of nitrogens with zero attached hydrogens (tertiary/aromatic N) is 4. The van der Waals surface area contributed by atoms with E-state index in [2.05, 4.69) is 228 Å². The maximum absolute atomic E-state index is 12.4. The van der Waals surface area contributed by atoms with Crippen LogP contribution >= 0.6 is 31.9 Å². The van der Waals surface area contributed by atoms with E-state index >= 15 is 0 Å². The number of rotatable bonds is 24. The van der Waals surface area contributed by atoms with Gasteiger partial charge >= 0.3 is 6.09 Å². The summed E-state index contributed by atoms with van der Waals surface area (Å²) >= 11 is 7.14. The summed E-state index contributed by atoms with van der Waals surface area (Å²) in [5, 5.41) is 42.2. The van der Waals surface area contributed by atoms with Crippen molar-refractivity contribution in [3.63, 3.8) is 0 Å². The Bertz CT molecular complexity index is 4220. The van der Waals surface area contributed by atoms with Crippen LogP contribution in [0.5, 0.6) is 11.5 Å². The van der Waals surface area contributed by atoms with Crippen molar-refractivity contribution in [3.05, 3.63) is 296 Å². The lowest BCUT2D eigenvalue weighted by Gasteiger charge is -2.36. The molecule has 4 aliphatic rings. The van der Waals surface area contributed by atoms with Gasteiger partial charge in [-0.1, -0.05) is 196 Å². The average Bonchev–Trinajstić information content (AvgIpc) is 1.46. The number of hydrogen-bond donors (Lipinski definition) is 5. The number of carbonyl (C=O) groups excluding carboxylic acids is 1. The normalized spacial score (nSPS) is 16.7. The second kappa shape index (κ2) is 39.2. The number of hydrogen-bond acceptors (Lipinski definition) is 11. The van der Waals surface area contributed by atoms with Gasteiger partial charge in [-0.25, -0.2) is 4.79 Å². The number of piperazine rings is 1. The Morgan fingerprint density at radius 1 is 0.438 bits per heavy atom. The molecule has 0 bridgehead atoms. The molecule has 0 aliphatic carbocycles. The van der Waals surface area contributed by atoms with Gasteiger partial charge in [-0.15, -0.1) is 0 Å². The van der Waals surface area contributed by atoms with E-state index in [0.717, 1.165) is 137 Å². The molecule has 4 fully saturated rings. The number of carbonyl (C=O) groups is 1. The summed E-state index contributed by atoms with van der Waals surface area (Å²) in [7, 11) is 0. The minimum absolute atomic E-state index is 0.140. The lowest BCUT2D eigenvalue weighted by Crippen LogP contribution is -2.50. The number of amides is 1. The Balaban J connectivity index is 0.000000158. The van der Waals surface area contributed by atoms with Crippen LogP contribution in [0.3, 0.4) is 0 Å². The molecular formula is C91H103Br2N5O7. The number of piperidine rings is 1. The third-order valence-corrected chi connectivity index (χ3v) is 21.1. The number of nitrogens with one attached hydrogen (secondary N) is 1. The highest BCUT2D eigenvalue weighted by molar-refractivity contribution is 9.10. The summed E-state index contributed by atoms with van der Waals surface area (Å²) in [4.78, 5) is 21.6. The van der Waals surface area contributed by atoms with E-state index in [9.17, 15) is 25.2 Å². The zero-order valence-electron chi connectivity index (χ0n) is 61.2. The highest BCUT2D eigenvalue weighted by atomic mass is 79.9. The molecule has 0 spiro atoms. The number of phenolic OH excluding ortho intramolecular Hbond substituents is 1. The Labute approximate surface area is 639 Å². The predicted molar refractivity (Wildman–Crippen MR) is 440 cm³/mol. The number of aliphatic hydroxyl groups is 3. The number of ether oxygens (including phenoxy) is 2. The summed E-state index contributed by atoms with van der Waals surface area (Å²) in [5.41, 5.74) is 19.5. The van der Waals surface area contributed by atoms with Gasteiger partial charge in [0.15, 0.2) is 0 Å². The fraction of sp³-hybridized carbons (Fsp3) is 0.330. The van der Waals surface area contributed by atoms with Gasteiger partial charge in [0.2, 0.25) is 0 Å². The number of halogens is 2. The molecule has 9 aromatic carbocycles. The first-order valence-electron chi connectivity index (χ1n) is 37.6. The number of allylic oxidation sites excluding steroid dienone is 3. The molecule has 12 nitrogen and oxygen atoms in total. The third-order valence-electron chi connectivity index (χ3n) is 20.1. The molecule has 4 heterocycles. The molecule has 0 aromatic heterocycles. The molecular weight excluding hydrogens is 1430 g/mol. The van der Waals surface area contributed by atoms with E-state index in [4.69, 9.17) is 9.47 Å². The number of phenols is 1. The predicted octanol–water partition coefficient (Wildman–Crippen LogP) is 19.1. The highest BCUT2D eigenvalue weighted by Crippen LogP contribution is 2.41. The standard InChI is InChI=1S/C32H37BrN2O3.C31H36N2O3.C28H30BrNO/c1-32(2,3)38-31(37)35-21-19-34(20-22-35)28-17-13-26(14-18-28)30(25-11-15-27(33)16-12-25)29(10-7-23-36)24-8-5-4-6-9-24;34-17-4-7-30(23-5-2-1-3-6-23)31(24-8-12-28(35)13-9-24)25-10-14-29(15-11-25)36-18-16-33-21-26-19-32-20-27(26)22-33;29-25-15-11-23(12-16-25)28(27(10-7-21-31)22-8-3-1-4-9-22)24-13-17-26(18-14-24)30-19-5-2-6-20-30/h4-6,8-9,11-18,36H,7,10,19-23H2,1-3H3;1-3,5-6,8-15,26-27,32,34-35H,4,7,16-22H2;1,3-4,8-9,11-18,31H,2,5-7,10,19-21H2/b30-29-;31-30-;28-27-/t;26-,27+;. The highest BCUT2D eigenvalue weighted by Gasteiger charge is 2.36. The van der Waals surface area contributed by atoms with Crippen LogP contribution in [0.1, 0.15) is 129 Å². The van der Waals surface area contributed by atoms with Crippen molar-refractivity contribution in [2.24, 2.45) is 11.8 Å². The van der Waals surface area contributed by atoms with Gasteiger partial charge < -0.3 is 49.9 Å². The van der Waals surface area contributed by atoms with Crippen LogP contribution in [0.2, 0.25) is 0 Å². The van der Waals surface area contributed by atoms with Crippen molar-refractivity contribution in [2.45, 2.75) is 84.2 Å². The number of fused-ring (bicyclic) bond motifs is 1. The van der Waals surface area contributed by atoms with Crippen molar-refractivity contribution in [2.75, 3.05) is 108 Å². The van der Waals surface area contributed by atoms with E-state index in [1.54, 1.807) is 17.0 Å². The number of aromatic hydroxyl groups is 1. The van der Waals surface area contributed by atoms with Gasteiger partial charge in [0, 0.05) is 99.0 Å². The molecule has 9 aromatic rings. The maximum Gasteiger partial charge on any atom is 0.410 e. The molecule has 0 saturated carbocycles. The first kappa shape index (κ1) is 77.5. The smallest absolute Gasteiger partial charge is 0.410 e. The van der Waals surface area contributed by atoms with Crippen LogP contribution in [0.25, 0.3) is 33.4 Å². The van der Waals surface area contributed by atoms with Crippen LogP contribution in [0.4, 0.5) is 16.2 Å². The van der Waals surface area contributed by atoms with Gasteiger partial charge in [-0.3, -0.25) is 4.90 Å². The van der Waals surface area contributed by atoms with Crippen LogP contribution < -0.4 is 19.9 Å². The van der Waals surface area contributed by atoms with Crippen LogP contribution in [0, 0.1) is 11.8 Å². The van der Waals surface area contributed by atoms with Crippen LogP contribution in [0.15, 0.2) is 246 Å². The lowest BCUT2D eigenvalue weighted by atomic mass is 9.87. The number of anilines is 2. The second-order valence-electron chi connectivity index (χ2n) is 28.6. The van der Waals surface area contributed by atoms with Crippen molar-refractivity contribution >= 4 is 82.8 Å². The van der Waals surface area contributed by atoms with E-state index in [0.29, 0.717) is 32.5 Å². The quantitative estimate of drug-likeness (QED) is 0.0369. The molecule has 105 heavy (non-hydrogen) atoms. The lowest BCUT2D eigenvalue weighted by molar-refractivity contribution is 0.0240. The molecule has 4 saturated heterocycles. The topological polar surface area (TPSA) is 141 Å². The van der Waals surface area contributed by atoms with Gasteiger partial charge in [0.25, 0.3) is 0 Å². The third kappa shape index (κ3) is 22.0. The number of likely N-dealkylation sites (tertiary alicyclic amines) is 1. The van der Waals surface area contributed by atoms with E-state index < -0.39 is 5.60 Å². The molecule has 2 atom stereocenters. The maximum atomic E-state index is 12.4. The first-order valence-corrected chi connectivity index (χ1v) is 39.2. The Kier molecular flexibility index (Phi) is 28.9. The second-order valence-corrected chi connectivity index (χ2v) is 30.4. The molecule has 548 valence electrons. The first-order chi connectivity index (χ1) is 51.2. The molecule has 4 aliphatic heterocycles. The van der Waals surface area contributed by atoms with E-state index in [1.807, 2.05) is 69.3 Å². The SMILES string of the molecule is CC(C)(C)OC(=O)N1CCN(c2ccc(/C(=C(/CCCO)c3ccccc3)c3ccc(Br)cc3)cc2)CC1.OCCC/C(=C(\c1ccc(Br)cc1)c1ccc(N2CCCCC2)cc1)c1ccccc1.OCCC/C(=C(\c1ccc(O)cc1)c1ccc(OCCN2C[C@H]3CNC[C@H]3C2)cc1)c1ccccc1. The van der Waals surface area contributed by atoms with Gasteiger partial charge in [0.05, 0.1) is 0 Å². The minimum atomic E-state index is -0.486. The summed E-state index contributed by atoms with van der Waals surface area (Å²) in [6.45, 7) is 17.6. The Morgan fingerprint density at radius 3 is 1.16 bits per heavy atom. The Hall–Kier alpha value is -8.57. The fourth-order valence-electron chi connectivity index (χ4n) is 14.8. The molecule has 1 amide bonds. The molecule has 13 rings (SSSR count). The molecule has 5 N–H and O–H groups in total. The van der Waals surface area contributed by atoms with Gasteiger partial charge in [0.1, 0.15) is 23.7 Å². The van der Waals surface area contributed by atoms with Crippen molar-refractivity contribution in [1.82, 2.24) is 15.1 Å². The monoisotopic (exact) mass is 1540 g/mol. The summed E-state index contributed by atoms with van der Waals surface area (Å²) in [6.07, 6.45) is 8.16. The zero-order chi connectivity index (χ0) is 73.3. The van der Waals surface area contributed by atoms with Crippen molar-refractivity contribution in [3.8, 4) is 11.5 Å². The van der Waals surface area contributed by atoms with E-state index in [-0.39, 0.29) is 31.7 Å². The minimum Gasteiger partial charge on any atom is -0.508 e. The molecule has 0 radical (unpaired) electrons. The number of aliphatic hydroxyl groups excluding tert-OH is 3. The van der Waals surface area contributed by atoms with Crippen molar-refractivity contribution in [1.29, 1.82) is 0 Å². The molecule has 0 unspecified atom stereocenters. The largest absolute Gasteiger partial charge is 0.508 e. The van der Waals surface area contributed by atoms with Gasteiger partial charge in [-0.2, -0.15) is 0 Å². The fourth-order valence-corrected chi connectivity index (χ4v) is 15.3. The average molecular weight is 1540 g/mol. The summed E-state index contributed by atoms with van der Waals surface area (Å²) < 4.78 is 13.8. The summed E-state index contributed by atoms with van der Waals surface area (Å²) in [6, 6.07) is 81.9. The summed E-state index contributed by atoms with van der Waals surface area (Å²) in [5.74, 6) is 2.73. The Morgan fingerprint density at radius 2 is 0.790 bits per heavy atom.